The quantitative estimate of drug-likeness (QED) is 0.520. The topological polar surface area (TPSA) is 76.7 Å². The Bertz CT molecular complexity index is 897. The summed E-state index contributed by atoms with van der Waals surface area (Å²) in [7, 11) is 0. The van der Waals surface area contributed by atoms with Crippen LogP contribution in [0.2, 0.25) is 0 Å². The fourth-order valence-electron chi connectivity index (χ4n) is 2.97. The summed E-state index contributed by atoms with van der Waals surface area (Å²) < 4.78 is 46.4. The van der Waals surface area contributed by atoms with Gasteiger partial charge in [-0.3, -0.25) is 9.59 Å². The summed E-state index contributed by atoms with van der Waals surface area (Å²) in [6.07, 6.45) is -4.36. The zero-order valence-corrected chi connectivity index (χ0v) is 18.9. The number of carbonyl (C=O) groups excluding carboxylic acids is 2. The molecule has 0 aliphatic heterocycles. The molecule has 1 unspecified atom stereocenters. The summed E-state index contributed by atoms with van der Waals surface area (Å²) in [4.78, 5) is 25.3. The highest BCUT2D eigenvalue weighted by molar-refractivity contribution is 5.97. The third kappa shape index (κ3) is 9.13. The zero-order chi connectivity index (χ0) is 24.4. The molecule has 2 N–H and O–H groups in total. The van der Waals surface area contributed by atoms with Crippen molar-refractivity contribution in [2.45, 2.75) is 46.1 Å². The molecule has 2 aromatic rings. The molecule has 2 rings (SSSR count). The molecular formula is C24H29F3N2O4. The van der Waals surface area contributed by atoms with Crippen LogP contribution in [0, 0.1) is 5.92 Å². The number of rotatable bonds is 11. The minimum Gasteiger partial charge on any atom is -0.494 e. The van der Waals surface area contributed by atoms with Gasteiger partial charge in [-0.1, -0.05) is 38.1 Å². The summed E-state index contributed by atoms with van der Waals surface area (Å²) in [5.41, 5.74) is 1.78. The second kappa shape index (κ2) is 12.2. The van der Waals surface area contributed by atoms with Gasteiger partial charge in [-0.25, -0.2) is 0 Å². The fraction of sp³-hybridized carbons (Fsp3) is 0.417. The second-order valence-electron chi connectivity index (χ2n) is 7.79. The molecule has 0 spiro atoms. The number of hydrogen-bond donors (Lipinski definition) is 2. The Morgan fingerprint density at radius 1 is 0.970 bits per heavy atom. The van der Waals surface area contributed by atoms with E-state index < -0.39 is 18.8 Å². The molecular weight excluding hydrogens is 437 g/mol. The van der Waals surface area contributed by atoms with E-state index in [1.165, 1.54) is 0 Å². The lowest BCUT2D eigenvalue weighted by Gasteiger charge is -2.22. The van der Waals surface area contributed by atoms with Gasteiger partial charge in [-0.15, -0.1) is 0 Å². The molecule has 2 aromatic carbocycles. The molecule has 2 amide bonds. The average molecular weight is 467 g/mol. The van der Waals surface area contributed by atoms with E-state index >= 15 is 0 Å². The SMILES string of the molecule is CCOc1ccc(C(=O)NC(C(=O)NCc2ccc(COCC(F)(F)F)cc2)C(C)C)cc1. The Kier molecular flexibility index (Phi) is 9.72. The Morgan fingerprint density at radius 2 is 1.58 bits per heavy atom. The van der Waals surface area contributed by atoms with Crippen LogP contribution >= 0.6 is 0 Å². The Balaban J connectivity index is 1.88. The summed E-state index contributed by atoms with van der Waals surface area (Å²) in [6.45, 7) is 4.81. The maximum Gasteiger partial charge on any atom is 0.411 e. The predicted octanol–water partition coefficient (Wildman–Crippen LogP) is 4.24. The monoisotopic (exact) mass is 466 g/mol. The number of hydrogen-bond acceptors (Lipinski definition) is 4. The lowest BCUT2D eigenvalue weighted by Crippen LogP contribution is -2.49. The first-order valence-corrected chi connectivity index (χ1v) is 10.6. The van der Waals surface area contributed by atoms with Gasteiger partial charge in [0.1, 0.15) is 18.4 Å². The van der Waals surface area contributed by atoms with Crippen molar-refractivity contribution in [3.63, 3.8) is 0 Å². The van der Waals surface area contributed by atoms with E-state index in [9.17, 15) is 22.8 Å². The first-order chi connectivity index (χ1) is 15.6. The minimum atomic E-state index is -4.36. The van der Waals surface area contributed by atoms with Crippen molar-refractivity contribution in [1.82, 2.24) is 10.6 Å². The van der Waals surface area contributed by atoms with Gasteiger partial charge in [-0.2, -0.15) is 13.2 Å². The zero-order valence-electron chi connectivity index (χ0n) is 18.9. The van der Waals surface area contributed by atoms with Crippen molar-refractivity contribution in [3.05, 3.63) is 65.2 Å². The molecule has 0 fully saturated rings. The van der Waals surface area contributed by atoms with Crippen molar-refractivity contribution in [3.8, 4) is 5.75 Å². The van der Waals surface area contributed by atoms with Gasteiger partial charge in [-0.05, 0) is 48.2 Å². The van der Waals surface area contributed by atoms with Gasteiger partial charge in [0, 0.05) is 12.1 Å². The predicted molar refractivity (Wildman–Crippen MR) is 118 cm³/mol. The van der Waals surface area contributed by atoms with Crippen LogP contribution in [-0.4, -0.2) is 37.2 Å². The number of ether oxygens (including phenoxy) is 2. The fourth-order valence-corrected chi connectivity index (χ4v) is 2.97. The van der Waals surface area contributed by atoms with Crippen LogP contribution < -0.4 is 15.4 Å². The number of halogens is 3. The number of nitrogens with one attached hydrogen (secondary N) is 2. The summed E-state index contributed by atoms with van der Waals surface area (Å²) in [5.74, 6) is -0.188. The molecule has 0 aliphatic rings. The van der Waals surface area contributed by atoms with Crippen LogP contribution in [0.3, 0.4) is 0 Å². The van der Waals surface area contributed by atoms with Crippen LogP contribution in [0.1, 0.15) is 42.3 Å². The van der Waals surface area contributed by atoms with Crippen LogP contribution in [0.25, 0.3) is 0 Å². The first kappa shape index (κ1) is 26.2. The van der Waals surface area contributed by atoms with E-state index in [1.807, 2.05) is 20.8 Å². The normalized spacial score (nSPS) is 12.3. The largest absolute Gasteiger partial charge is 0.494 e. The third-order valence-electron chi connectivity index (χ3n) is 4.69. The highest BCUT2D eigenvalue weighted by atomic mass is 19.4. The van der Waals surface area contributed by atoms with E-state index in [-0.39, 0.29) is 30.9 Å². The van der Waals surface area contributed by atoms with Crippen molar-refractivity contribution in [2.75, 3.05) is 13.2 Å². The minimum absolute atomic E-state index is 0.148. The van der Waals surface area contributed by atoms with Crippen molar-refractivity contribution < 1.29 is 32.2 Å². The van der Waals surface area contributed by atoms with E-state index in [0.29, 0.717) is 23.5 Å². The Morgan fingerprint density at radius 3 is 2.12 bits per heavy atom. The van der Waals surface area contributed by atoms with Gasteiger partial charge >= 0.3 is 6.18 Å². The molecule has 0 aromatic heterocycles. The first-order valence-electron chi connectivity index (χ1n) is 10.6. The van der Waals surface area contributed by atoms with E-state index in [1.54, 1.807) is 48.5 Å². The Hall–Kier alpha value is -3.07. The highest BCUT2D eigenvalue weighted by Gasteiger charge is 2.27. The van der Waals surface area contributed by atoms with Crippen molar-refractivity contribution in [2.24, 2.45) is 5.92 Å². The number of carbonyl (C=O) groups is 2. The lowest BCUT2D eigenvalue weighted by molar-refractivity contribution is -0.176. The van der Waals surface area contributed by atoms with Crippen LogP contribution in [-0.2, 0) is 22.7 Å². The summed E-state index contributed by atoms with van der Waals surface area (Å²) >= 11 is 0. The van der Waals surface area contributed by atoms with Gasteiger partial charge in [0.15, 0.2) is 0 Å². The third-order valence-corrected chi connectivity index (χ3v) is 4.69. The van der Waals surface area contributed by atoms with Crippen molar-refractivity contribution in [1.29, 1.82) is 0 Å². The van der Waals surface area contributed by atoms with E-state index in [0.717, 1.165) is 5.56 Å². The highest BCUT2D eigenvalue weighted by Crippen LogP contribution is 2.16. The molecule has 33 heavy (non-hydrogen) atoms. The molecule has 0 bridgehead atoms. The molecule has 0 saturated heterocycles. The van der Waals surface area contributed by atoms with Crippen LogP contribution in [0.4, 0.5) is 13.2 Å². The maximum atomic E-state index is 12.7. The lowest BCUT2D eigenvalue weighted by atomic mass is 10.0. The molecule has 0 aliphatic carbocycles. The van der Waals surface area contributed by atoms with Gasteiger partial charge in [0.2, 0.25) is 5.91 Å². The van der Waals surface area contributed by atoms with Crippen LogP contribution in [0.5, 0.6) is 5.75 Å². The molecule has 9 heteroatoms. The number of benzene rings is 2. The molecule has 0 radical (unpaired) electrons. The molecule has 180 valence electrons. The van der Waals surface area contributed by atoms with Gasteiger partial charge < -0.3 is 20.1 Å². The molecule has 6 nitrogen and oxygen atoms in total. The maximum absolute atomic E-state index is 12.7. The van der Waals surface area contributed by atoms with Gasteiger partial charge in [0.05, 0.1) is 13.2 Å². The standard InChI is InChI=1S/C24H29F3N2O4/c1-4-33-20-11-9-19(10-12-20)22(30)29-21(16(2)3)23(31)28-13-17-5-7-18(8-6-17)14-32-15-24(25,26)27/h5-12,16,21H,4,13-15H2,1-3H3,(H,28,31)(H,29,30). The number of amides is 2. The molecule has 0 saturated carbocycles. The Labute approximate surface area is 191 Å². The number of alkyl halides is 3. The molecule has 0 heterocycles. The van der Waals surface area contributed by atoms with E-state index in [4.69, 9.17) is 4.74 Å². The molecule has 1 atom stereocenters. The van der Waals surface area contributed by atoms with E-state index in [2.05, 4.69) is 15.4 Å². The summed E-state index contributed by atoms with van der Waals surface area (Å²) in [6, 6.07) is 12.6. The van der Waals surface area contributed by atoms with Crippen LogP contribution in [0.15, 0.2) is 48.5 Å². The smallest absolute Gasteiger partial charge is 0.411 e. The summed E-state index contributed by atoms with van der Waals surface area (Å²) in [5, 5.41) is 5.56. The van der Waals surface area contributed by atoms with Crippen molar-refractivity contribution >= 4 is 11.8 Å². The average Bonchev–Trinajstić information content (AvgIpc) is 2.76. The second-order valence-corrected chi connectivity index (χ2v) is 7.79. The van der Waals surface area contributed by atoms with Gasteiger partial charge in [0.25, 0.3) is 5.91 Å².